The molecule has 2 nitrogen and oxygen atoms in total. The first-order valence-corrected chi connectivity index (χ1v) is 8.50. The molecule has 1 N–H and O–H groups in total. The van der Waals surface area contributed by atoms with Gasteiger partial charge in [-0.3, -0.25) is 4.90 Å². The van der Waals surface area contributed by atoms with Crippen LogP contribution in [0.1, 0.15) is 32.3 Å². The van der Waals surface area contributed by atoms with Gasteiger partial charge in [-0.05, 0) is 78.6 Å². The van der Waals surface area contributed by atoms with Crippen LogP contribution >= 0.6 is 27.3 Å². The van der Waals surface area contributed by atoms with E-state index in [-0.39, 0.29) is 0 Å². The summed E-state index contributed by atoms with van der Waals surface area (Å²) in [4.78, 5) is 2.60. The Labute approximate surface area is 123 Å². The van der Waals surface area contributed by atoms with Crippen LogP contribution in [0.3, 0.4) is 0 Å². The van der Waals surface area contributed by atoms with Crippen molar-refractivity contribution in [2.24, 2.45) is 5.92 Å². The number of halogens is 1. The largest absolute Gasteiger partial charge is 0.316 e. The highest BCUT2D eigenvalue weighted by atomic mass is 79.9. The van der Waals surface area contributed by atoms with Crippen LogP contribution in [0.25, 0.3) is 0 Å². The number of piperidine rings is 1. The van der Waals surface area contributed by atoms with Gasteiger partial charge in [0, 0.05) is 19.1 Å². The SMILES string of the molecule is CC(C)N(Cc1csc(Br)c1)CC1CCCNC1. The molecule has 1 saturated heterocycles. The quantitative estimate of drug-likeness (QED) is 0.885. The van der Waals surface area contributed by atoms with Crippen molar-refractivity contribution in [2.45, 2.75) is 39.3 Å². The van der Waals surface area contributed by atoms with Crippen LogP contribution < -0.4 is 5.32 Å². The monoisotopic (exact) mass is 330 g/mol. The maximum absolute atomic E-state index is 3.55. The Bertz CT molecular complexity index is 358. The van der Waals surface area contributed by atoms with Crippen molar-refractivity contribution in [1.82, 2.24) is 10.2 Å². The third-order valence-corrected chi connectivity index (χ3v) is 5.18. The summed E-state index contributed by atoms with van der Waals surface area (Å²) >= 11 is 5.33. The number of thiophene rings is 1. The predicted octanol–water partition coefficient (Wildman–Crippen LogP) is 3.72. The number of hydrogen-bond donors (Lipinski definition) is 1. The third-order valence-electron chi connectivity index (χ3n) is 3.63. The molecule has 102 valence electrons. The van der Waals surface area contributed by atoms with E-state index in [4.69, 9.17) is 0 Å². The molecule has 1 aliphatic heterocycles. The molecule has 1 fully saturated rings. The Kier molecular flexibility index (Phi) is 5.67. The van der Waals surface area contributed by atoms with E-state index in [1.54, 1.807) is 11.3 Å². The second-order valence-corrected chi connectivity index (χ2v) is 7.79. The van der Waals surface area contributed by atoms with Crippen LogP contribution in [0, 0.1) is 5.92 Å². The Morgan fingerprint density at radius 2 is 2.39 bits per heavy atom. The van der Waals surface area contributed by atoms with Crippen LogP contribution in [-0.2, 0) is 6.54 Å². The van der Waals surface area contributed by atoms with Crippen LogP contribution in [-0.4, -0.2) is 30.6 Å². The highest BCUT2D eigenvalue weighted by molar-refractivity contribution is 9.11. The zero-order valence-electron chi connectivity index (χ0n) is 11.3. The molecule has 0 aromatic carbocycles. The minimum absolute atomic E-state index is 0.616. The fourth-order valence-electron chi connectivity index (χ4n) is 2.53. The van der Waals surface area contributed by atoms with Crippen LogP contribution in [0.2, 0.25) is 0 Å². The fourth-order valence-corrected chi connectivity index (χ4v) is 3.73. The first-order chi connectivity index (χ1) is 8.65. The average Bonchev–Trinajstić information content (AvgIpc) is 2.75. The summed E-state index contributed by atoms with van der Waals surface area (Å²) in [7, 11) is 0. The Balaban J connectivity index is 1.90. The van der Waals surface area contributed by atoms with Gasteiger partial charge in [-0.25, -0.2) is 0 Å². The molecular weight excluding hydrogens is 308 g/mol. The standard InChI is InChI=1S/C14H23BrN2S/c1-11(2)17(8-12-4-3-5-16-7-12)9-13-6-14(15)18-10-13/h6,10-12,16H,3-5,7-9H2,1-2H3. The zero-order valence-corrected chi connectivity index (χ0v) is 13.7. The molecule has 18 heavy (non-hydrogen) atoms. The van der Waals surface area contributed by atoms with Gasteiger partial charge in [-0.15, -0.1) is 11.3 Å². The highest BCUT2D eigenvalue weighted by Crippen LogP contribution is 2.23. The van der Waals surface area contributed by atoms with Crippen LogP contribution in [0.4, 0.5) is 0 Å². The van der Waals surface area contributed by atoms with E-state index >= 15 is 0 Å². The molecule has 1 aromatic rings. The normalized spacial score (nSPS) is 20.8. The molecule has 0 saturated carbocycles. The molecule has 1 unspecified atom stereocenters. The zero-order chi connectivity index (χ0) is 13.0. The third kappa shape index (κ3) is 4.34. The molecule has 1 aliphatic rings. The lowest BCUT2D eigenvalue weighted by Gasteiger charge is -2.32. The van der Waals surface area contributed by atoms with E-state index in [0.717, 1.165) is 12.5 Å². The van der Waals surface area contributed by atoms with Gasteiger partial charge in [0.2, 0.25) is 0 Å². The maximum atomic E-state index is 3.55. The van der Waals surface area contributed by atoms with E-state index < -0.39 is 0 Å². The van der Waals surface area contributed by atoms with Crippen molar-refractivity contribution in [3.05, 3.63) is 20.8 Å². The van der Waals surface area contributed by atoms with E-state index in [1.165, 1.54) is 41.8 Å². The van der Waals surface area contributed by atoms with E-state index in [1.807, 2.05) is 0 Å². The molecule has 0 aliphatic carbocycles. The molecule has 0 spiro atoms. The average molecular weight is 331 g/mol. The van der Waals surface area contributed by atoms with Gasteiger partial charge in [-0.2, -0.15) is 0 Å². The maximum Gasteiger partial charge on any atom is 0.0701 e. The molecular formula is C14H23BrN2S. The van der Waals surface area contributed by atoms with Gasteiger partial charge < -0.3 is 5.32 Å². The number of hydrogen-bond acceptors (Lipinski definition) is 3. The highest BCUT2D eigenvalue weighted by Gasteiger charge is 2.19. The second-order valence-electron chi connectivity index (χ2n) is 5.49. The van der Waals surface area contributed by atoms with Gasteiger partial charge in [0.1, 0.15) is 0 Å². The van der Waals surface area contributed by atoms with Crippen molar-refractivity contribution in [3.63, 3.8) is 0 Å². The first-order valence-electron chi connectivity index (χ1n) is 6.83. The smallest absolute Gasteiger partial charge is 0.0701 e. The molecule has 0 radical (unpaired) electrons. The summed E-state index contributed by atoms with van der Waals surface area (Å²) < 4.78 is 1.24. The Morgan fingerprint density at radius 1 is 1.56 bits per heavy atom. The summed E-state index contributed by atoms with van der Waals surface area (Å²) in [5, 5.41) is 5.78. The van der Waals surface area contributed by atoms with Gasteiger partial charge in [0.25, 0.3) is 0 Å². The summed E-state index contributed by atoms with van der Waals surface area (Å²) in [5.74, 6) is 0.822. The fraction of sp³-hybridized carbons (Fsp3) is 0.714. The molecule has 0 amide bonds. The lowest BCUT2D eigenvalue weighted by molar-refractivity contribution is 0.164. The summed E-state index contributed by atoms with van der Waals surface area (Å²) in [6, 6.07) is 2.87. The van der Waals surface area contributed by atoms with E-state index in [2.05, 4.69) is 51.4 Å². The van der Waals surface area contributed by atoms with Gasteiger partial charge in [-0.1, -0.05) is 0 Å². The molecule has 2 rings (SSSR count). The molecule has 4 heteroatoms. The van der Waals surface area contributed by atoms with Gasteiger partial charge in [0.05, 0.1) is 3.79 Å². The van der Waals surface area contributed by atoms with Crippen molar-refractivity contribution in [2.75, 3.05) is 19.6 Å². The lowest BCUT2D eigenvalue weighted by Crippen LogP contribution is -2.40. The minimum Gasteiger partial charge on any atom is -0.316 e. The van der Waals surface area contributed by atoms with Gasteiger partial charge in [0.15, 0.2) is 0 Å². The molecule has 1 atom stereocenters. The van der Waals surface area contributed by atoms with Crippen molar-refractivity contribution in [3.8, 4) is 0 Å². The predicted molar refractivity (Wildman–Crippen MR) is 83.2 cm³/mol. The van der Waals surface area contributed by atoms with Crippen LogP contribution in [0.5, 0.6) is 0 Å². The summed E-state index contributed by atoms with van der Waals surface area (Å²) in [6.07, 6.45) is 2.71. The van der Waals surface area contributed by atoms with Crippen LogP contribution in [0.15, 0.2) is 15.2 Å². The molecule has 0 bridgehead atoms. The second kappa shape index (κ2) is 7.04. The number of rotatable bonds is 5. The van der Waals surface area contributed by atoms with E-state index in [9.17, 15) is 0 Å². The van der Waals surface area contributed by atoms with Gasteiger partial charge >= 0.3 is 0 Å². The minimum atomic E-state index is 0.616. The van der Waals surface area contributed by atoms with Crippen molar-refractivity contribution >= 4 is 27.3 Å². The molecule has 2 heterocycles. The van der Waals surface area contributed by atoms with Crippen molar-refractivity contribution < 1.29 is 0 Å². The lowest BCUT2D eigenvalue weighted by atomic mass is 9.98. The molecule has 1 aromatic heterocycles. The Morgan fingerprint density at radius 3 is 2.94 bits per heavy atom. The number of nitrogens with one attached hydrogen (secondary N) is 1. The number of nitrogens with zero attached hydrogens (tertiary/aromatic N) is 1. The Hall–Kier alpha value is 0.1000. The van der Waals surface area contributed by atoms with E-state index in [0.29, 0.717) is 6.04 Å². The summed E-state index contributed by atoms with van der Waals surface area (Å²) in [5.41, 5.74) is 1.43. The van der Waals surface area contributed by atoms with Crippen molar-refractivity contribution in [1.29, 1.82) is 0 Å². The first kappa shape index (κ1) is 14.5. The summed E-state index contributed by atoms with van der Waals surface area (Å²) in [6.45, 7) is 9.30. The topological polar surface area (TPSA) is 15.3 Å².